The van der Waals surface area contributed by atoms with E-state index < -0.39 is 23.4 Å². The molecule has 8 heteroatoms. The number of carbonyl (C=O) groups is 2. The quantitative estimate of drug-likeness (QED) is 0.786. The summed E-state index contributed by atoms with van der Waals surface area (Å²) in [4.78, 5) is 26.3. The van der Waals surface area contributed by atoms with Gasteiger partial charge in [0.05, 0.1) is 11.7 Å². The number of nitrogens with zero attached hydrogens (tertiary/aromatic N) is 1. The lowest BCUT2D eigenvalue weighted by molar-refractivity contribution is -0.136. The molecule has 26 heavy (non-hydrogen) atoms. The van der Waals surface area contributed by atoms with Crippen molar-refractivity contribution in [3.05, 3.63) is 52.2 Å². The van der Waals surface area contributed by atoms with E-state index >= 15 is 0 Å². The van der Waals surface area contributed by atoms with Crippen LogP contribution in [-0.4, -0.2) is 36.3 Å². The van der Waals surface area contributed by atoms with Crippen LogP contribution in [0.25, 0.3) is 0 Å². The van der Waals surface area contributed by atoms with Gasteiger partial charge in [-0.3, -0.25) is 14.5 Å². The molecule has 0 spiro atoms. The van der Waals surface area contributed by atoms with Gasteiger partial charge in [-0.15, -0.1) is 0 Å². The Morgan fingerprint density at radius 1 is 1.15 bits per heavy atom. The van der Waals surface area contributed by atoms with E-state index in [2.05, 4.69) is 15.5 Å². The second-order valence-electron chi connectivity index (χ2n) is 6.10. The molecule has 1 aliphatic heterocycles. The molecule has 2 N–H and O–H groups in total. The average molecular weight is 379 g/mol. The van der Waals surface area contributed by atoms with E-state index in [-0.39, 0.29) is 18.3 Å². The van der Waals surface area contributed by atoms with Crippen molar-refractivity contribution in [2.75, 3.05) is 25.0 Å². The third kappa shape index (κ3) is 4.44. The van der Waals surface area contributed by atoms with Crippen LogP contribution >= 0.6 is 11.3 Å². The molecule has 138 valence electrons. The summed E-state index contributed by atoms with van der Waals surface area (Å²) in [5.41, 5.74) is 0.730. The molecule has 0 radical (unpaired) electrons. The molecule has 0 saturated carbocycles. The first-order chi connectivity index (χ1) is 12.5. The molecule has 2 aromatic rings. The predicted molar refractivity (Wildman–Crippen MR) is 95.9 cm³/mol. The highest BCUT2D eigenvalue weighted by atomic mass is 32.1. The van der Waals surface area contributed by atoms with E-state index in [4.69, 9.17) is 0 Å². The summed E-state index contributed by atoms with van der Waals surface area (Å²) in [7, 11) is 0. The maximum absolute atomic E-state index is 13.6. The van der Waals surface area contributed by atoms with E-state index in [1.54, 1.807) is 11.3 Å². The molecule has 5 nitrogen and oxygen atoms in total. The first kappa shape index (κ1) is 18.5. The van der Waals surface area contributed by atoms with E-state index in [0.29, 0.717) is 0 Å². The summed E-state index contributed by atoms with van der Waals surface area (Å²) >= 11 is 1.58. The topological polar surface area (TPSA) is 61.4 Å². The van der Waals surface area contributed by atoms with E-state index in [1.807, 2.05) is 16.8 Å². The van der Waals surface area contributed by atoms with Crippen molar-refractivity contribution < 1.29 is 18.4 Å². The van der Waals surface area contributed by atoms with Crippen LogP contribution < -0.4 is 10.6 Å². The lowest BCUT2D eigenvalue weighted by Gasteiger charge is -2.27. The minimum absolute atomic E-state index is 0.00796. The molecule has 1 aromatic heterocycles. The van der Waals surface area contributed by atoms with E-state index in [0.717, 1.165) is 49.7 Å². The zero-order chi connectivity index (χ0) is 18.5. The number of carbonyl (C=O) groups excluding carboxylic acids is 2. The van der Waals surface area contributed by atoms with Gasteiger partial charge in [0, 0.05) is 12.6 Å². The Morgan fingerprint density at radius 3 is 2.62 bits per heavy atom. The van der Waals surface area contributed by atoms with Crippen LogP contribution in [0.5, 0.6) is 0 Å². The molecule has 1 fully saturated rings. The molecule has 2 heterocycles. The molecule has 0 aliphatic carbocycles. The summed E-state index contributed by atoms with van der Waals surface area (Å²) < 4.78 is 26.7. The lowest BCUT2D eigenvalue weighted by Crippen LogP contribution is -2.41. The van der Waals surface area contributed by atoms with Crippen molar-refractivity contribution in [2.45, 2.75) is 18.9 Å². The van der Waals surface area contributed by atoms with E-state index in [9.17, 15) is 18.4 Å². The summed E-state index contributed by atoms with van der Waals surface area (Å²) in [6, 6.07) is 4.66. The van der Waals surface area contributed by atoms with Crippen LogP contribution in [0, 0.1) is 11.6 Å². The Labute approximate surface area is 154 Å². The smallest absolute Gasteiger partial charge is 0.313 e. The van der Waals surface area contributed by atoms with Gasteiger partial charge in [0.25, 0.3) is 0 Å². The highest BCUT2D eigenvalue weighted by molar-refractivity contribution is 7.08. The van der Waals surface area contributed by atoms with Crippen LogP contribution in [0.2, 0.25) is 0 Å². The van der Waals surface area contributed by atoms with Gasteiger partial charge in [0.1, 0.15) is 11.6 Å². The third-order valence-electron chi connectivity index (χ3n) is 4.35. The minimum Gasteiger partial charge on any atom is -0.346 e. The lowest BCUT2D eigenvalue weighted by atomic mass is 10.1. The number of anilines is 1. The number of hydrogen-bond donors (Lipinski definition) is 2. The Bertz CT molecular complexity index is 777. The Balaban J connectivity index is 1.61. The fourth-order valence-corrected chi connectivity index (χ4v) is 3.72. The largest absolute Gasteiger partial charge is 0.346 e. The highest BCUT2D eigenvalue weighted by Crippen LogP contribution is 2.26. The van der Waals surface area contributed by atoms with Crippen molar-refractivity contribution in [3.63, 3.8) is 0 Å². The number of likely N-dealkylation sites (tertiary alicyclic amines) is 1. The molecule has 1 atom stereocenters. The number of nitrogens with one attached hydrogen (secondary N) is 2. The van der Waals surface area contributed by atoms with E-state index in [1.165, 1.54) is 0 Å². The summed E-state index contributed by atoms with van der Waals surface area (Å²) in [5, 5.41) is 8.70. The van der Waals surface area contributed by atoms with Gasteiger partial charge in [0.15, 0.2) is 0 Å². The normalized spacial score (nSPS) is 15.6. The fourth-order valence-electron chi connectivity index (χ4n) is 3.02. The maximum Gasteiger partial charge on any atom is 0.313 e. The Morgan fingerprint density at radius 2 is 1.92 bits per heavy atom. The molecule has 1 saturated heterocycles. The molecule has 0 bridgehead atoms. The average Bonchev–Trinajstić information content (AvgIpc) is 3.32. The summed E-state index contributed by atoms with van der Waals surface area (Å²) in [6.45, 7) is 2.16. The van der Waals surface area contributed by atoms with Gasteiger partial charge in [0.2, 0.25) is 0 Å². The Hall–Kier alpha value is -2.32. The number of rotatable bonds is 5. The van der Waals surface area contributed by atoms with Crippen LogP contribution in [0.1, 0.15) is 24.4 Å². The minimum atomic E-state index is -1.03. The van der Waals surface area contributed by atoms with Gasteiger partial charge in [-0.1, -0.05) is 0 Å². The monoisotopic (exact) mass is 379 g/mol. The van der Waals surface area contributed by atoms with Gasteiger partial charge in [-0.25, -0.2) is 8.78 Å². The van der Waals surface area contributed by atoms with Crippen molar-refractivity contribution >= 4 is 28.8 Å². The molecule has 1 aromatic carbocycles. The first-order valence-corrected chi connectivity index (χ1v) is 9.29. The molecule has 0 unspecified atom stereocenters. The second-order valence-corrected chi connectivity index (χ2v) is 6.88. The van der Waals surface area contributed by atoms with Crippen molar-refractivity contribution in [1.82, 2.24) is 10.2 Å². The van der Waals surface area contributed by atoms with Gasteiger partial charge < -0.3 is 10.6 Å². The standard InChI is InChI=1S/C18H19F2N3O2S/c19-13-3-4-14(20)15(9-13)22-18(25)17(24)21-10-16(12-5-8-26-11-12)23-6-1-2-7-23/h3-5,8-9,11,16H,1-2,6-7,10H2,(H,21,24)(H,22,25)/t16-/m1/s1. The van der Waals surface area contributed by atoms with Crippen LogP contribution in [-0.2, 0) is 9.59 Å². The fraction of sp³-hybridized carbons (Fsp3) is 0.333. The number of thiophene rings is 1. The van der Waals surface area contributed by atoms with Gasteiger partial charge >= 0.3 is 11.8 Å². The third-order valence-corrected chi connectivity index (χ3v) is 5.05. The number of benzene rings is 1. The van der Waals surface area contributed by atoms with Gasteiger partial charge in [-0.2, -0.15) is 11.3 Å². The van der Waals surface area contributed by atoms with Crippen molar-refractivity contribution in [1.29, 1.82) is 0 Å². The zero-order valence-electron chi connectivity index (χ0n) is 14.0. The number of amides is 2. The molecule has 1 aliphatic rings. The predicted octanol–water partition coefficient (Wildman–Crippen LogP) is 2.92. The summed E-state index contributed by atoms with van der Waals surface area (Å²) in [5.74, 6) is -3.41. The van der Waals surface area contributed by atoms with Crippen molar-refractivity contribution in [2.24, 2.45) is 0 Å². The maximum atomic E-state index is 13.6. The molecular formula is C18H19F2N3O2S. The number of hydrogen-bond acceptors (Lipinski definition) is 4. The molecular weight excluding hydrogens is 360 g/mol. The Kier molecular flexibility index (Phi) is 5.95. The SMILES string of the molecule is O=C(NC[C@H](c1ccsc1)N1CCCC1)C(=O)Nc1cc(F)ccc1F. The van der Waals surface area contributed by atoms with Crippen LogP contribution in [0.3, 0.4) is 0 Å². The summed E-state index contributed by atoms with van der Waals surface area (Å²) in [6.07, 6.45) is 2.21. The van der Waals surface area contributed by atoms with Crippen LogP contribution in [0.4, 0.5) is 14.5 Å². The molecule has 2 amide bonds. The van der Waals surface area contributed by atoms with Crippen molar-refractivity contribution in [3.8, 4) is 0 Å². The first-order valence-electron chi connectivity index (χ1n) is 8.35. The van der Waals surface area contributed by atoms with Gasteiger partial charge in [-0.05, 0) is 60.5 Å². The highest BCUT2D eigenvalue weighted by Gasteiger charge is 2.25. The number of halogens is 2. The molecule has 3 rings (SSSR count). The van der Waals surface area contributed by atoms with Crippen LogP contribution in [0.15, 0.2) is 35.0 Å². The zero-order valence-corrected chi connectivity index (χ0v) is 14.8. The second kappa shape index (κ2) is 8.37.